The number of carbonyl (C=O) groups is 1. The number of halogens is 10. The molecule has 0 saturated heterocycles. The van der Waals surface area contributed by atoms with Crippen LogP contribution in [0.1, 0.15) is 29.8 Å². The van der Waals surface area contributed by atoms with Crippen LogP contribution < -0.4 is 5.32 Å². The fraction of sp³-hybridized carbons (Fsp3) is 0.280. The molecular weight excluding hydrogens is 550 g/mol. The van der Waals surface area contributed by atoms with Gasteiger partial charge in [0.05, 0.1) is 17.9 Å². The lowest BCUT2D eigenvalue weighted by atomic mass is 9.88. The summed E-state index contributed by atoms with van der Waals surface area (Å²) >= 11 is 0. The fourth-order valence-corrected chi connectivity index (χ4v) is 3.22. The third-order valence-electron chi connectivity index (χ3n) is 5.51. The topological polar surface area (TPSA) is 62.2 Å². The van der Waals surface area contributed by atoms with Gasteiger partial charge in [-0.05, 0) is 49.8 Å². The van der Waals surface area contributed by atoms with Gasteiger partial charge in [-0.3, -0.25) is 9.78 Å². The summed E-state index contributed by atoms with van der Waals surface area (Å²) < 4.78 is 133. The summed E-state index contributed by atoms with van der Waals surface area (Å²) in [5.41, 5.74) is -9.77. The summed E-state index contributed by atoms with van der Waals surface area (Å²) in [6.07, 6.45) is -13.8. The second-order valence-corrected chi connectivity index (χ2v) is 8.28. The Morgan fingerprint density at radius 1 is 1.00 bits per heavy atom. The van der Waals surface area contributed by atoms with Crippen LogP contribution in [-0.2, 0) is 5.60 Å². The van der Waals surface area contributed by atoms with E-state index in [1.165, 1.54) is 6.92 Å². The van der Waals surface area contributed by atoms with Gasteiger partial charge < -0.3 is 10.4 Å². The van der Waals surface area contributed by atoms with E-state index in [9.17, 15) is 53.8 Å². The molecule has 14 heteroatoms. The van der Waals surface area contributed by atoms with Crippen LogP contribution in [0.2, 0.25) is 0 Å². The Balaban J connectivity index is 2.64. The molecule has 2 rings (SSSR count). The summed E-state index contributed by atoms with van der Waals surface area (Å²) in [4.78, 5) is 16.5. The van der Waals surface area contributed by atoms with Gasteiger partial charge >= 0.3 is 18.5 Å². The molecule has 212 valence electrons. The first-order chi connectivity index (χ1) is 17.7. The van der Waals surface area contributed by atoms with Crippen molar-refractivity contribution in [2.24, 2.45) is 0 Å². The van der Waals surface area contributed by atoms with Crippen LogP contribution in [0.15, 0.2) is 72.5 Å². The van der Waals surface area contributed by atoms with E-state index in [0.29, 0.717) is 18.3 Å². The van der Waals surface area contributed by atoms with E-state index in [2.05, 4.69) is 16.9 Å². The number of rotatable bonds is 7. The van der Waals surface area contributed by atoms with Crippen LogP contribution in [0.25, 0.3) is 11.3 Å². The minimum atomic E-state index is -6.28. The second kappa shape index (κ2) is 11.2. The number of nitrogens with zero attached hydrogens (tertiary/aromatic N) is 1. The van der Waals surface area contributed by atoms with E-state index in [1.54, 1.807) is 0 Å². The number of allylic oxidation sites excluding steroid dienone is 3. The summed E-state index contributed by atoms with van der Waals surface area (Å²) in [5.74, 6) is -2.12. The number of alkyl halides is 9. The van der Waals surface area contributed by atoms with Crippen molar-refractivity contribution in [3.63, 3.8) is 0 Å². The van der Waals surface area contributed by atoms with Gasteiger partial charge in [-0.1, -0.05) is 24.8 Å². The molecule has 0 radical (unpaired) electrons. The number of carbonyl (C=O) groups excluding carboxylic acids is 1. The summed E-state index contributed by atoms with van der Waals surface area (Å²) in [7, 11) is 0. The van der Waals surface area contributed by atoms with Crippen LogP contribution in [0, 0.1) is 5.82 Å². The van der Waals surface area contributed by atoms with Gasteiger partial charge in [0.2, 0.25) is 0 Å². The number of pyridine rings is 1. The maximum atomic E-state index is 13.6. The number of amides is 1. The highest BCUT2D eigenvalue weighted by Gasteiger charge is 2.71. The van der Waals surface area contributed by atoms with Crippen molar-refractivity contribution < 1.29 is 53.8 Å². The molecule has 0 spiro atoms. The Bertz CT molecular complexity index is 1260. The van der Waals surface area contributed by atoms with E-state index >= 15 is 0 Å². The maximum Gasteiger partial charge on any atom is 0.430 e. The van der Waals surface area contributed by atoms with Crippen LogP contribution in [0.5, 0.6) is 0 Å². The van der Waals surface area contributed by atoms with Crippen LogP contribution >= 0.6 is 0 Å². The fourth-order valence-electron chi connectivity index (χ4n) is 3.22. The zero-order valence-corrected chi connectivity index (χ0v) is 20.1. The van der Waals surface area contributed by atoms with Crippen molar-refractivity contribution >= 4 is 5.91 Å². The lowest BCUT2D eigenvalue weighted by Crippen LogP contribution is -2.54. The molecule has 0 aliphatic carbocycles. The molecule has 1 aromatic heterocycles. The lowest BCUT2D eigenvalue weighted by molar-refractivity contribution is -0.376. The van der Waals surface area contributed by atoms with E-state index in [1.807, 2.05) is 0 Å². The lowest BCUT2D eigenvalue weighted by Gasteiger charge is -2.33. The number of benzene rings is 1. The summed E-state index contributed by atoms with van der Waals surface area (Å²) in [6.45, 7) is 5.46. The molecule has 4 nitrogen and oxygen atoms in total. The number of nitrogens with one attached hydrogen (secondary N) is 1. The second-order valence-electron chi connectivity index (χ2n) is 8.28. The first kappa shape index (κ1) is 31.5. The summed E-state index contributed by atoms with van der Waals surface area (Å²) in [5, 5.41) is 12.1. The van der Waals surface area contributed by atoms with Gasteiger partial charge in [-0.15, -0.1) is 0 Å². The van der Waals surface area contributed by atoms with Gasteiger partial charge in [-0.25, -0.2) is 4.39 Å². The highest BCUT2D eigenvalue weighted by Crippen LogP contribution is 2.50. The number of hydrogen-bond donors (Lipinski definition) is 2. The average molecular weight is 570 g/mol. The minimum Gasteiger partial charge on any atom is -0.369 e. The monoisotopic (exact) mass is 570 g/mol. The summed E-state index contributed by atoms with van der Waals surface area (Å²) in [6, 6.07) is 1.94. The van der Waals surface area contributed by atoms with E-state index in [0.717, 1.165) is 37.3 Å². The third kappa shape index (κ3) is 7.05. The minimum absolute atomic E-state index is 0.0191. The molecule has 0 aliphatic heterocycles. The van der Waals surface area contributed by atoms with Crippen molar-refractivity contribution in [3.8, 4) is 11.3 Å². The van der Waals surface area contributed by atoms with Crippen molar-refractivity contribution in [2.45, 2.75) is 44.0 Å². The van der Waals surface area contributed by atoms with E-state index in [4.69, 9.17) is 0 Å². The normalized spacial score (nSPS) is 14.7. The highest BCUT2D eigenvalue weighted by atomic mass is 19.4. The molecule has 0 fully saturated rings. The van der Waals surface area contributed by atoms with Crippen molar-refractivity contribution in [1.82, 2.24) is 10.3 Å². The first-order valence-corrected chi connectivity index (χ1v) is 10.7. The van der Waals surface area contributed by atoms with Crippen molar-refractivity contribution in [3.05, 3.63) is 89.4 Å². The van der Waals surface area contributed by atoms with Gasteiger partial charge in [0.15, 0.2) is 0 Å². The molecule has 2 N–H and O–H groups in total. The number of aromatic nitrogens is 1. The van der Waals surface area contributed by atoms with Crippen molar-refractivity contribution in [1.29, 1.82) is 0 Å². The van der Waals surface area contributed by atoms with E-state index < -0.39 is 64.2 Å². The first-order valence-electron chi connectivity index (χ1n) is 10.7. The van der Waals surface area contributed by atoms with Gasteiger partial charge in [0, 0.05) is 22.3 Å². The van der Waals surface area contributed by atoms with Crippen molar-refractivity contribution in [2.75, 3.05) is 0 Å². The predicted octanol–water partition coefficient (Wildman–Crippen LogP) is 6.94. The molecule has 0 unspecified atom stereocenters. The van der Waals surface area contributed by atoms with Gasteiger partial charge in [0.1, 0.15) is 5.82 Å². The molecule has 39 heavy (non-hydrogen) atoms. The molecule has 0 bridgehead atoms. The molecule has 0 aliphatic rings. The Morgan fingerprint density at radius 3 is 2.05 bits per heavy atom. The Hall–Kier alpha value is -3.68. The molecule has 1 atom stereocenters. The van der Waals surface area contributed by atoms with Gasteiger partial charge in [0.25, 0.3) is 11.5 Å². The molecule has 1 heterocycles. The highest BCUT2D eigenvalue weighted by molar-refractivity contribution is 5.96. The SMILES string of the molecule is C=C/C(=C\C=C(/C)C(F)(F)F)[C@@H](C)NC(=O)c1cc(-c2ccc(F)cn2)cc(C(O)(C(F)(F)F)C(F)(F)F)c1. The molecule has 1 aromatic carbocycles. The third-order valence-corrected chi connectivity index (χ3v) is 5.51. The standard InChI is InChI=1S/C25H20F10N2O2/c1-4-15(6-5-13(2)23(27,28)29)14(3)37-21(38)17-9-16(20-8-7-19(26)12-36-20)10-18(11-17)22(39,24(30,31)32)25(33,34)35/h4-12,14,39H,1H2,2-3H3,(H,37,38)/b13-5+,15-6+/t14-/m1/s1. The number of aliphatic hydroxyl groups is 1. The smallest absolute Gasteiger partial charge is 0.369 e. The maximum absolute atomic E-state index is 13.6. The zero-order valence-electron chi connectivity index (χ0n) is 20.1. The average Bonchev–Trinajstić information content (AvgIpc) is 2.81. The molecule has 1 amide bonds. The van der Waals surface area contributed by atoms with E-state index in [-0.39, 0.29) is 17.3 Å². The molecule has 2 aromatic rings. The number of hydrogen-bond acceptors (Lipinski definition) is 3. The molecular formula is C25H20F10N2O2. The Labute approximate surface area is 215 Å². The van der Waals surface area contributed by atoms with Crippen LogP contribution in [0.4, 0.5) is 43.9 Å². The van der Waals surface area contributed by atoms with Crippen LogP contribution in [0.3, 0.4) is 0 Å². The Kier molecular flexibility index (Phi) is 9.06. The predicted molar refractivity (Wildman–Crippen MR) is 121 cm³/mol. The Morgan fingerprint density at radius 2 is 1.59 bits per heavy atom. The van der Waals surface area contributed by atoms with Gasteiger partial charge in [-0.2, -0.15) is 39.5 Å². The zero-order chi connectivity index (χ0) is 30.0. The quantitative estimate of drug-likeness (QED) is 0.280. The molecule has 0 saturated carbocycles. The largest absolute Gasteiger partial charge is 0.430 e. The van der Waals surface area contributed by atoms with Crippen LogP contribution in [-0.4, -0.2) is 40.6 Å².